The fraction of sp³-hybridized carbons (Fsp3) is 0.385. The first kappa shape index (κ1) is 14.6. The Labute approximate surface area is 113 Å². The van der Waals surface area contributed by atoms with E-state index < -0.39 is 6.10 Å². The first-order valence-electron chi connectivity index (χ1n) is 5.73. The molecule has 1 atom stereocenters. The van der Waals surface area contributed by atoms with Gasteiger partial charge < -0.3 is 15.4 Å². The molecule has 4 nitrogen and oxygen atoms in total. The third-order valence-corrected chi connectivity index (χ3v) is 2.82. The molecule has 2 N–H and O–H groups in total. The van der Waals surface area contributed by atoms with E-state index in [2.05, 4.69) is 0 Å². The molecule has 1 rings (SSSR count). The average molecular weight is 266 g/mol. The number of amides is 1. The summed E-state index contributed by atoms with van der Waals surface area (Å²) in [6.07, 6.45) is 0.00316. The summed E-state index contributed by atoms with van der Waals surface area (Å²) < 4.78 is 5.07. The number of anilines is 1. The molecule has 1 aromatic carbocycles. The van der Waals surface area contributed by atoms with Crippen LogP contribution in [0.15, 0.2) is 30.3 Å². The Kier molecular flexibility index (Phi) is 5.74. The lowest BCUT2D eigenvalue weighted by molar-refractivity contribution is -0.127. The fourth-order valence-corrected chi connectivity index (χ4v) is 1.61. The van der Waals surface area contributed by atoms with Gasteiger partial charge in [-0.25, -0.2) is 0 Å². The van der Waals surface area contributed by atoms with Crippen molar-refractivity contribution < 1.29 is 9.53 Å². The van der Waals surface area contributed by atoms with Crippen LogP contribution < -0.4 is 10.6 Å². The molecule has 0 saturated carbocycles. The molecular formula is C13H18N2O2S. The lowest BCUT2D eigenvalue weighted by atomic mass is 10.2. The van der Waals surface area contributed by atoms with Crippen LogP contribution in [0.1, 0.15) is 13.3 Å². The largest absolute Gasteiger partial charge is 0.393 e. The highest BCUT2D eigenvalue weighted by atomic mass is 32.1. The van der Waals surface area contributed by atoms with Gasteiger partial charge in [-0.2, -0.15) is 0 Å². The number of benzene rings is 1. The lowest BCUT2D eigenvalue weighted by Crippen LogP contribution is -2.40. The van der Waals surface area contributed by atoms with Gasteiger partial charge >= 0.3 is 0 Å². The van der Waals surface area contributed by atoms with Crippen LogP contribution in [0.2, 0.25) is 0 Å². The highest BCUT2D eigenvalue weighted by molar-refractivity contribution is 7.80. The van der Waals surface area contributed by atoms with Crippen molar-refractivity contribution in [2.24, 2.45) is 5.73 Å². The Hall–Kier alpha value is -1.46. The molecule has 0 aromatic heterocycles. The minimum atomic E-state index is -0.489. The van der Waals surface area contributed by atoms with Gasteiger partial charge in [0.1, 0.15) is 6.10 Å². The van der Waals surface area contributed by atoms with Gasteiger partial charge in [0.2, 0.25) is 0 Å². The summed E-state index contributed by atoms with van der Waals surface area (Å²) in [4.78, 5) is 14.2. The molecular weight excluding hydrogens is 248 g/mol. The Morgan fingerprint density at radius 2 is 2.06 bits per heavy atom. The number of ether oxygens (including phenoxy) is 1. The fourth-order valence-electron chi connectivity index (χ4n) is 1.52. The number of hydrogen-bond donors (Lipinski definition) is 1. The number of rotatable bonds is 6. The quantitative estimate of drug-likeness (QED) is 0.797. The van der Waals surface area contributed by atoms with Crippen LogP contribution in [0.25, 0.3) is 0 Å². The lowest BCUT2D eigenvalue weighted by Gasteiger charge is -2.25. The smallest absolute Gasteiger partial charge is 0.255 e. The molecule has 1 amide bonds. The van der Waals surface area contributed by atoms with Gasteiger partial charge in [-0.15, -0.1) is 0 Å². The summed E-state index contributed by atoms with van der Waals surface area (Å²) in [5.74, 6) is -0.0973. The summed E-state index contributed by atoms with van der Waals surface area (Å²) >= 11 is 4.85. The van der Waals surface area contributed by atoms with Gasteiger partial charge in [-0.05, 0) is 19.1 Å². The number of thiocarbonyl (C=S) groups is 1. The van der Waals surface area contributed by atoms with E-state index in [1.807, 2.05) is 30.3 Å². The normalized spacial score (nSPS) is 11.9. The van der Waals surface area contributed by atoms with E-state index in [1.165, 1.54) is 7.11 Å². The van der Waals surface area contributed by atoms with Crippen LogP contribution >= 0.6 is 12.2 Å². The van der Waals surface area contributed by atoms with Crippen LogP contribution in [0, 0.1) is 0 Å². The molecule has 5 heteroatoms. The maximum absolute atomic E-state index is 12.2. The van der Waals surface area contributed by atoms with Gasteiger partial charge in [0.15, 0.2) is 0 Å². The molecule has 0 aliphatic carbocycles. The SMILES string of the molecule is COC(C)C(=O)N(CCC(N)=S)c1ccccc1. The van der Waals surface area contributed by atoms with E-state index in [0.29, 0.717) is 18.0 Å². The summed E-state index contributed by atoms with van der Waals surface area (Å²) in [6.45, 7) is 2.19. The van der Waals surface area contributed by atoms with Crippen LogP contribution in [0.5, 0.6) is 0 Å². The molecule has 0 aliphatic rings. The summed E-state index contributed by atoms with van der Waals surface area (Å²) in [5.41, 5.74) is 6.31. The van der Waals surface area contributed by atoms with Crippen LogP contribution in [-0.4, -0.2) is 30.7 Å². The summed E-state index contributed by atoms with van der Waals surface area (Å²) in [5, 5.41) is 0. The van der Waals surface area contributed by atoms with Gasteiger partial charge in [-0.1, -0.05) is 30.4 Å². The topological polar surface area (TPSA) is 55.6 Å². The number of carbonyl (C=O) groups is 1. The highest BCUT2D eigenvalue weighted by Crippen LogP contribution is 2.15. The van der Waals surface area contributed by atoms with Gasteiger partial charge in [0, 0.05) is 25.8 Å². The number of hydrogen-bond acceptors (Lipinski definition) is 3. The van der Waals surface area contributed by atoms with E-state index in [9.17, 15) is 4.79 Å². The van der Waals surface area contributed by atoms with Crippen molar-refractivity contribution in [1.82, 2.24) is 0 Å². The van der Waals surface area contributed by atoms with Crippen molar-refractivity contribution >= 4 is 28.8 Å². The van der Waals surface area contributed by atoms with Crippen molar-refractivity contribution in [3.05, 3.63) is 30.3 Å². The molecule has 0 bridgehead atoms. The van der Waals surface area contributed by atoms with E-state index in [1.54, 1.807) is 11.8 Å². The van der Waals surface area contributed by atoms with E-state index in [-0.39, 0.29) is 5.91 Å². The predicted octanol–water partition coefficient (Wildman–Crippen LogP) is 1.73. The van der Waals surface area contributed by atoms with Crippen molar-refractivity contribution in [2.75, 3.05) is 18.6 Å². The molecule has 0 radical (unpaired) electrons. The van der Waals surface area contributed by atoms with Gasteiger partial charge in [0.25, 0.3) is 5.91 Å². The molecule has 0 fully saturated rings. The van der Waals surface area contributed by atoms with E-state index in [4.69, 9.17) is 22.7 Å². The molecule has 0 heterocycles. The third kappa shape index (κ3) is 4.09. The minimum absolute atomic E-state index is 0.0973. The van der Waals surface area contributed by atoms with Crippen molar-refractivity contribution in [3.8, 4) is 0 Å². The van der Waals surface area contributed by atoms with Crippen LogP contribution in [0.4, 0.5) is 5.69 Å². The molecule has 98 valence electrons. The number of methoxy groups -OCH3 is 1. The van der Waals surface area contributed by atoms with Crippen LogP contribution in [0.3, 0.4) is 0 Å². The second kappa shape index (κ2) is 7.08. The Balaban J connectivity index is 2.88. The predicted molar refractivity (Wildman–Crippen MR) is 76.7 cm³/mol. The van der Waals surface area contributed by atoms with E-state index >= 15 is 0 Å². The van der Waals surface area contributed by atoms with Gasteiger partial charge in [0.05, 0.1) is 4.99 Å². The Morgan fingerprint density at radius 1 is 1.44 bits per heavy atom. The number of carbonyl (C=O) groups excluding carboxylic acids is 1. The Bertz CT molecular complexity index is 409. The molecule has 0 saturated heterocycles. The second-order valence-electron chi connectivity index (χ2n) is 3.92. The zero-order valence-corrected chi connectivity index (χ0v) is 11.4. The second-order valence-corrected chi connectivity index (χ2v) is 4.44. The van der Waals surface area contributed by atoms with Gasteiger partial charge in [-0.3, -0.25) is 4.79 Å². The average Bonchev–Trinajstić information content (AvgIpc) is 2.38. The maximum Gasteiger partial charge on any atom is 0.255 e. The Morgan fingerprint density at radius 3 is 2.56 bits per heavy atom. The van der Waals surface area contributed by atoms with Crippen molar-refractivity contribution in [2.45, 2.75) is 19.4 Å². The van der Waals surface area contributed by atoms with Crippen molar-refractivity contribution in [3.63, 3.8) is 0 Å². The number of nitrogens with zero attached hydrogens (tertiary/aromatic N) is 1. The number of nitrogens with two attached hydrogens (primary N) is 1. The van der Waals surface area contributed by atoms with Crippen molar-refractivity contribution in [1.29, 1.82) is 0 Å². The number of para-hydroxylation sites is 1. The van der Waals surface area contributed by atoms with E-state index in [0.717, 1.165) is 5.69 Å². The molecule has 18 heavy (non-hydrogen) atoms. The maximum atomic E-state index is 12.2. The molecule has 0 aliphatic heterocycles. The first-order chi connectivity index (χ1) is 8.56. The molecule has 1 aromatic rings. The summed E-state index contributed by atoms with van der Waals surface area (Å²) in [7, 11) is 1.51. The zero-order chi connectivity index (χ0) is 13.5. The highest BCUT2D eigenvalue weighted by Gasteiger charge is 2.21. The van der Waals surface area contributed by atoms with Crippen LogP contribution in [-0.2, 0) is 9.53 Å². The molecule has 1 unspecified atom stereocenters. The first-order valence-corrected chi connectivity index (χ1v) is 6.14. The minimum Gasteiger partial charge on any atom is -0.393 e. The monoisotopic (exact) mass is 266 g/mol. The zero-order valence-electron chi connectivity index (χ0n) is 10.6. The summed E-state index contributed by atoms with van der Waals surface area (Å²) in [6, 6.07) is 9.42. The standard InChI is InChI=1S/C13H18N2O2S/c1-10(17-2)13(16)15(9-8-12(14)18)11-6-4-3-5-7-11/h3-7,10H,8-9H2,1-2H3,(H2,14,18). The third-order valence-electron chi connectivity index (χ3n) is 2.62. The molecule has 0 spiro atoms.